The van der Waals surface area contributed by atoms with Crippen molar-refractivity contribution in [1.82, 2.24) is 5.32 Å². The monoisotopic (exact) mass is 298 g/mol. The minimum atomic E-state index is -0.221. The zero-order chi connectivity index (χ0) is 13.2. The third kappa shape index (κ3) is 2.75. The molecule has 2 aliphatic heterocycles. The molecule has 1 aromatic carbocycles. The summed E-state index contributed by atoms with van der Waals surface area (Å²) in [7, 11) is 1.66. The van der Waals surface area contributed by atoms with E-state index in [-0.39, 0.29) is 24.4 Å². The van der Waals surface area contributed by atoms with Crippen molar-refractivity contribution in [2.24, 2.45) is 0 Å². The van der Waals surface area contributed by atoms with E-state index in [4.69, 9.17) is 9.47 Å². The number of halogens is 1. The fraction of sp³-hybridized carbons (Fsp3) is 0.500. The second kappa shape index (κ2) is 6.43. The Balaban J connectivity index is 0.00000147. The van der Waals surface area contributed by atoms with Crippen molar-refractivity contribution >= 4 is 24.0 Å². The molecule has 1 fully saturated rings. The van der Waals surface area contributed by atoms with E-state index in [9.17, 15) is 4.79 Å². The summed E-state index contributed by atoms with van der Waals surface area (Å²) in [5.74, 6) is 0.941. The van der Waals surface area contributed by atoms with Crippen LogP contribution in [0.3, 0.4) is 0 Å². The number of anilines is 1. The van der Waals surface area contributed by atoms with Gasteiger partial charge in [-0.15, -0.1) is 12.4 Å². The molecule has 5 nitrogen and oxygen atoms in total. The van der Waals surface area contributed by atoms with Gasteiger partial charge >= 0.3 is 0 Å². The topological polar surface area (TPSA) is 50.8 Å². The molecule has 1 N–H and O–H groups in total. The summed E-state index contributed by atoms with van der Waals surface area (Å²) in [5, 5.41) is 3.21. The van der Waals surface area contributed by atoms with Crippen molar-refractivity contribution in [2.45, 2.75) is 12.5 Å². The van der Waals surface area contributed by atoms with Gasteiger partial charge in [0.2, 0.25) is 5.91 Å². The van der Waals surface area contributed by atoms with E-state index in [1.54, 1.807) is 7.11 Å². The van der Waals surface area contributed by atoms with Gasteiger partial charge in [-0.25, -0.2) is 0 Å². The highest BCUT2D eigenvalue weighted by Crippen LogP contribution is 2.31. The molecular formula is C14H19ClN2O3. The number of benzene rings is 1. The van der Waals surface area contributed by atoms with E-state index >= 15 is 0 Å². The lowest BCUT2D eigenvalue weighted by molar-refractivity contribution is -0.123. The number of hydrogen-bond donors (Lipinski definition) is 1. The summed E-state index contributed by atoms with van der Waals surface area (Å²) in [5.41, 5.74) is 2.17. The van der Waals surface area contributed by atoms with E-state index in [1.807, 2.05) is 23.1 Å². The van der Waals surface area contributed by atoms with Gasteiger partial charge in [0.25, 0.3) is 0 Å². The number of carbonyl (C=O) groups excluding carboxylic acids is 1. The van der Waals surface area contributed by atoms with Crippen molar-refractivity contribution in [3.05, 3.63) is 23.8 Å². The molecule has 0 saturated carbocycles. The average Bonchev–Trinajstić information content (AvgIpc) is 2.90. The van der Waals surface area contributed by atoms with E-state index in [2.05, 4.69) is 5.32 Å². The van der Waals surface area contributed by atoms with Crippen molar-refractivity contribution in [2.75, 3.05) is 38.3 Å². The van der Waals surface area contributed by atoms with Crippen LogP contribution < -0.4 is 15.0 Å². The molecule has 1 saturated heterocycles. The van der Waals surface area contributed by atoms with E-state index in [0.717, 1.165) is 30.9 Å². The van der Waals surface area contributed by atoms with Crippen LogP contribution in [0, 0.1) is 0 Å². The number of carbonyl (C=O) groups is 1. The zero-order valence-electron chi connectivity index (χ0n) is 11.4. The molecule has 1 atom stereocenters. The quantitative estimate of drug-likeness (QED) is 0.885. The fourth-order valence-corrected chi connectivity index (χ4v) is 2.65. The molecule has 0 bridgehead atoms. The van der Waals surface area contributed by atoms with Gasteiger partial charge in [0.1, 0.15) is 11.8 Å². The molecule has 110 valence electrons. The van der Waals surface area contributed by atoms with Gasteiger partial charge in [0, 0.05) is 18.8 Å². The first-order valence-corrected chi connectivity index (χ1v) is 6.59. The number of methoxy groups -OCH3 is 1. The van der Waals surface area contributed by atoms with Crippen LogP contribution in [0.15, 0.2) is 18.2 Å². The summed E-state index contributed by atoms with van der Waals surface area (Å²) in [6, 6.07) is 5.65. The van der Waals surface area contributed by atoms with Gasteiger partial charge in [0.15, 0.2) is 0 Å². The smallest absolute Gasteiger partial charge is 0.246 e. The second-order valence-corrected chi connectivity index (χ2v) is 4.82. The Morgan fingerprint density at radius 2 is 2.35 bits per heavy atom. The third-order valence-corrected chi connectivity index (χ3v) is 3.67. The van der Waals surface area contributed by atoms with E-state index in [1.165, 1.54) is 5.56 Å². The Kier molecular flexibility index (Phi) is 4.86. The molecule has 0 aromatic heterocycles. The molecule has 2 aliphatic rings. The Hall–Kier alpha value is -1.30. The third-order valence-electron chi connectivity index (χ3n) is 3.67. The maximum absolute atomic E-state index is 12.5. The lowest BCUT2D eigenvalue weighted by Gasteiger charge is -2.27. The van der Waals surface area contributed by atoms with Crippen LogP contribution in [-0.4, -0.2) is 45.4 Å². The number of hydrogen-bond acceptors (Lipinski definition) is 4. The number of nitrogens with zero attached hydrogens (tertiary/aromatic N) is 1. The highest BCUT2D eigenvalue weighted by molar-refractivity contribution is 5.99. The highest BCUT2D eigenvalue weighted by Gasteiger charge is 2.31. The van der Waals surface area contributed by atoms with Crippen LogP contribution in [-0.2, 0) is 16.0 Å². The fourth-order valence-electron chi connectivity index (χ4n) is 2.65. The molecule has 1 unspecified atom stereocenters. The Labute approximate surface area is 124 Å². The molecule has 0 radical (unpaired) electrons. The summed E-state index contributed by atoms with van der Waals surface area (Å²) in [6.07, 6.45) is 0.881. The standard InChI is InChI=1S/C14H18N2O3.ClH/c1-18-11-2-3-13-10(8-11)4-6-16(13)14(17)12-9-19-7-5-15-12;/h2-3,8,12,15H,4-7,9H2,1H3;1H. The summed E-state index contributed by atoms with van der Waals surface area (Å²) in [6.45, 7) is 2.61. The molecule has 1 aromatic rings. The van der Waals surface area contributed by atoms with Crippen LogP contribution in [0.1, 0.15) is 5.56 Å². The summed E-state index contributed by atoms with van der Waals surface area (Å²) < 4.78 is 10.6. The second-order valence-electron chi connectivity index (χ2n) is 4.82. The van der Waals surface area contributed by atoms with Gasteiger partial charge in [0.05, 0.1) is 20.3 Å². The molecule has 0 aliphatic carbocycles. The summed E-state index contributed by atoms with van der Waals surface area (Å²) >= 11 is 0. The lowest BCUT2D eigenvalue weighted by atomic mass is 10.1. The lowest BCUT2D eigenvalue weighted by Crippen LogP contribution is -2.52. The van der Waals surface area contributed by atoms with Crippen LogP contribution in [0.4, 0.5) is 5.69 Å². The van der Waals surface area contributed by atoms with Crippen LogP contribution in [0.2, 0.25) is 0 Å². The van der Waals surface area contributed by atoms with Gasteiger partial charge in [-0.3, -0.25) is 4.79 Å². The largest absolute Gasteiger partial charge is 0.497 e. The first-order chi connectivity index (χ1) is 9.29. The molecule has 1 amide bonds. The maximum Gasteiger partial charge on any atom is 0.246 e. The minimum Gasteiger partial charge on any atom is -0.497 e. The first kappa shape index (κ1) is 15.1. The van der Waals surface area contributed by atoms with E-state index in [0.29, 0.717) is 13.2 Å². The number of morpholine rings is 1. The Bertz CT molecular complexity index is 489. The summed E-state index contributed by atoms with van der Waals surface area (Å²) in [4.78, 5) is 14.3. The Morgan fingerprint density at radius 1 is 1.50 bits per heavy atom. The zero-order valence-corrected chi connectivity index (χ0v) is 12.2. The van der Waals surface area contributed by atoms with Crippen molar-refractivity contribution in [1.29, 1.82) is 0 Å². The highest BCUT2D eigenvalue weighted by atomic mass is 35.5. The number of amides is 1. The molecular weight excluding hydrogens is 280 g/mol. The normalized spacial score (nSPS) is 21.1. The number of nitrogens with one attached hydrogen (secondary N) is 1. The predicted molar refractivity (Wildman–Crippen MR) is 78.9 cm³/mol. The van der Waals surface area contributed by atoms with E-state index < -0.39 is 0 Å². The molecule has 2 heterocycles. The van der Waals surface area contributed by atoms with Crippen LogP contribution >= 0.6 is 12.4 Å². The molecule has 3 rings (SSSR count). The number of fused-ring (bicyclic) bond motifs is 1. The Morgan fingerprint density at radius 3 is 3.05 bits per heavy atom. The average molecular weight is 299 g/mol. The van der Waals surface area contributed by atoms with Crippen LogP contribution in [0.25, 0.3) is 0 Å². The number of rotatable bonds is 2. The van der Waals surface area contributed by atoms with Crippen LogP contribution in [0.5, 0.6) is 5.75 Å². The van der Waals surface area contributed by atoms with Gasteiger partial charge < -0.3 is 19.7 Å². The number of ether oxygens (including phenoxy) is 2. The molecule has 6 heteroatoms. The predicted octanol–water partition coefficient (Wildman–Crippen LogP) is 0.994. The van der Waals surface area contributed by atoms with Crippen molar-refractivity contribution in [3.63, 3.8) is 0 Å². The first-order valence-electron chi connectivity index (χ1n) is 6.59. The minimum absolute atomic E-state index is 0. The van der Waals surface area contributed by atoms with Gasteiger partial charge in [-0.1, -0.05) is 0 Å². The van der Waals surface area contributed by atoms with Gasteiger partial charge in [-0.2, -0.15) is 0 Å². The molecule has 0 spiro atoms. The SMILES string of the molecule is COc1ccc2c(c1)CCN2C(=O)C1COCCN1.Cl. The maximum atomic E-state index is 12.5. The van der Waals surface area contributed by atoms with Crippen molar-refractivity contribution in [3.8, 4) is 5.75 Å². The van der Waals surface area contributed by atoms with Gasteiger partial charge in [-0.05, 0) is 30.2 Å². The molecule has 20 heavy (non-hydrogen) atoms. The van der Waals surface area contributed by atoms with Crippen molar-refractivity contribution < 1.29 is 14.3 Å².